The van der Waals surface area contributed by atoms with Crippen LogP contribution in [0.4, 0.5) is 17.1 Å². The van der Waals surface area contributed by atoms with Gasteiger partial charge in [-0.15, -0.1) is 0 Å². The van der Waals surface area contributed by atoms with Crippen LogP contribution in [0.3, 0.4) is 0 Å². The molecule has 0 saturated carbocycles. The first-order chi connectivity index (χ1) is 19.2. The first kappa shape index (κ1) is 28.1. The predicted molar refractivity (Wildman–Crippen MR) is 156 cm³/mol. The van der Waals surface area contributed by atoms with Gasteiger partial charge in [0.25, 0.3) is 5.91 Å². The monoisotopic (exact) mass is 553 g/mol. The molecule has 202 valence electrons. The number of anilines is 2. The van der Waals surface area contributed by atoms with Crippen molar-refractivity contribution in [3.63, 3.8) is 0 Å². The maximum atomic E-state index is 13.5. The van der Waals surface area contributed by atoms with E-state index in [9.17, 15) is 19.6 Å². The van der Waals surface area contributed by atoms with Crippen LogP contribution in [0.2, 0.25) is 0 Å². The molecule has 0 saturated heterocycles. The molecule has 0 aliphatic carbocycles. The van der Waals surface area contributed by atoms with Crippen molar-refractivity contribution < 1.29 is 19.1 Å². The topological polar surface area (TPSA) is 147 Å². The highest BCUT2D eigenvalue weighted by molar-refractivity contribution is 8.16. The molecule has 1 aliphatic heterocycles. The van der Waals surface area contributed by atoms with E-state index in [1.54, 1.807) is 55.5 Å². The van der Waals surface area contributed by atoms with Gasteiger partial charge in [0.1, 0.15) is 16.4 Å². The largest absolute Gasteiger partial charge is 0.462 e. The minimum absolute atomic E-state index is 0.0418. The average Bonchev–Trinajstić information content (AvgIpc) is 3.27. The number of benzene rings is 3. The van der Waals surface area contributed by atoms with Gasteiger partial charge in [-0.3, -0.25) is 9.59 Å². The van der Waals surface area contributed by atoms with Crippen LogP contribution in [0.1, 0.15) is 34.0 Å². The minimum Gasteiger partial charge on any atom is -0.462 e. The number of hydrogen-bond donors (Lipinski definition) is 3. The fourth-order valence-electron chi connectivity index (χ4n) is 3.89. The Hall–Kier alpha value is -4.88. The second-order valence-electron chi connectivity index (χ2n) is 8.91. The average molecular weight is 554 g/mol. The third-order valence-corrected chi connectivity index (χ3v) is 7.38. The number of rotatable bonds is 7. The summed E-state index contributed by atoms with van der Waals surface area (Å²) in [6.07, 6.45) is 0. The molecule has 0 unspecified atom stereocenters. The molecule has 0 bridgehead atoms. The van der Waals surface area contributed by atoms with Gasteiger partial charge in [-0.05, 0) is 80.4 Å². The van der Waals surface area contributed by atoms with E-state index in [4.69, 9.17) is 10.5 Å². The molecule has 0 radical (unpaired) electrons. The van der Waals surface area contributed by atoms with Crippen molar-refractivity contribution in [3.8, 4) is 6.07 Å². The number of para-hydroxylation sites is 1. The molecule has 1 heterocycles. The molecule has 0 aromatic heterocycles. The Bertz CT molecular complexity index is 1590. The van der Waals surface area contributed by atoms with Crippen LogP contribution >= 0.6 is 11.8 Å². The summed E-state index contributed by atoms with van der Waals surface area (Å²) in [6.45, 7) is 5.92. The SMILES string of the molecule is CCOC(=O)c1ccc(NC(=O)C2=C(N)[C@@H](C(=O)Nc3ccccc3C#N)SC2=Nc2ccc(C)c(C)c2)cc1. The van der Waals surface area contributed by atoms with E-state index in [0.717, 1.165) is 22.9 Å². The van der Waals surface area contributed by atoms with Gasteiger partial charge in [0, 0.05) is 11.4 Å². The van der Waals surface area contributed by atoms with Crippen LogP contribution in [-0.4, -0.2) is 34.7 Å². The van der Waals surface area contributed by atoms with Crippen LogP contribution in [-0.2, 0) is 14.3 Å². The summed E-state index contributed by atoms with van der Waals surface area (Å²) < 4.78 is 5.00. The number of thioether (sulfide) groups is 1. The summed E-state index contributed by atoms with van der Waals surface area (Å²) in [5, 5.41) is 14.2. The zero-order chi connectivity index (χ0) is 28.8. The lowest BCUT2D eigenvalue weighted by molar-refractivity contribution is -0.115. The van der Waals surface area contributed by atoms with Crippen molar-refractivity contribution in [1.29, 1.82) is 5.26 Å². The van der Waals surface area contributed by atoms with Gasteiger partial charge in [0.05, 0.1) is 34.7 Å². The van der Waals surface area contributed by atoms with E-state index < -0.39 is 23.0 Å². The highest BCUT2D eigenvalue weighted by Crippen LogP contribution is 2.36. The van der Waals surface area contributed by atoms with E-state index in [2.05, 4.69) is 15.6 Å². The summed E-state index contributed by atoms with van der Waals surface area (Å²) >= 11 is 1.06. The van der Waals surface area contributed by atoms with Gasteiger partial charge in [0.2, 0.25) is 5.91 Å². The summed E-state index contributed by atoms with van der Waals surface area (Å²) in [4.78, 5) is 43.4. The lowest BCUT2D eigenvalue weighted by atomic mass is 10.1. The van der Waals surface area contributed by atoms with Crippen molar-refractivity contribution in [2.45, 2.75) is 26.0 Å². The third kappa shape index (κ3) is 6.22. The molecular weight excluding hydrogens is 526 g/mol. The number of amides is 2. The number of nitrogens with two attached hydrogens (primary N) is 1. The molecule has 4 N–H and O–H groups in total. The van der Waals surface area contributed by atoms with Gasteiger partial charge in [0.15, 0.2) is 0 Å². The molecule has 4 rings (SSSR count). The third-order valence-electron chi connectivity index (χ3n) is 6.16. The Balaban J connectivity index is 1.66. The molecular formula is C30H27N5O4S. The molecule has 40 heavy (non-hydrogen) atoms. The Morgan fingerprint density at radius 1 is 1.02 bits per heavy atom. The molecule has 9 nitrogen and oxygen atoms in total. The molecule has 1 aliphatic rings. The van der Waals surface area contributed by atoms with Crippen molar-refractivity contribution in [1.82, 2.24) is 0 Å². The number of aryl methyl sites for hydroxylation is 2. The van der Waals surface area contributed by atoms with Gasteiger partial charge in [-0.25, -0.2) is 9.79 Å². The lowest BCUT2D eigenvalue weighted by Gasteiger charge is -2.12. The maximum absolute atomic E-state index is 13.5. The van der Waals surface area contributed by atoms with Gasteiger partial charge < -0.3 is 21.1 Å². The van der Waals surface area contributed by atoms with E-state index in [0.29, 0.717) is 28.2 Å². The second kappa shape index (κ2) is 12.3. The van der Waals surface area contributed by atoms with Crippen molar-refractivity contribution >= 4 is 51.7 Å². The van der Waals surface area contributed by atoms with Gasteiger partial charge >= 0.3 is 5.97 Å². The number of esters is 1. The van der Waals surface area contributed by atoms with E-state index in [-0.39, 0.29) is 22.9 Å². The second-order valence-corrected chi connectivity index (χ2v) is 10.0. The standard InChI is InChI=1S/C30H27N5O4S/c1-4-39-30(38)19-10-13-21(14-11-19)33-27(36)24-25(32)26(28(37)35-23-8-6-5-7-20(23)16-31)40-29(24)34-22-12-9-17(2)18(3)15-22/h5-15,26H,4,32H2,1-3H3,(H,33,36)(H,35,37)/t26-/m0/s1. The zero-order valence-electron chi connectivity index (χ0n) is 22.1. The normalized spacial score (nSPS) is 15.4. The number of ether oxygens (including phenoxy) is 1. The summed E-state index contributed by atoms with van der Waals surface area (Å²) in [5.74, 6) is -1.50. The number of aliphatic imine (C=N–C) groups is 1. The minimum atomic E-state index is -0.955. The Labute approximate surface area is 236 Å². The smallest absolute Gasteiger partial charge is 0.338 e. The van der Waals surface area contributed by atoms with Crippen LogP contribution in [0, 0.1) is 25.2 Å². The van der Waals surface area contributed by atoms with E-state index >= 15 is 0 Å². The Kier molecular flexibility index (Phi) is 8.67. The molecule has 0 spiro atoms. The number of carbonyl (C=O) groups excluding carboxylic acids is 3. The number of nitrogens with zero attached hydrogens (tertiary/aromatic N) is 2. The highest BCUT2D eigenvalue weighted by Gasteiger charge is 2.38. The molecule has 1 atom stereocenters. The lowest BCUT2D eigenvalue weighted by Crippen LogP contribution is -2.29. The molecule has 2 amide bonds. The molecule has 3 aromatic rings. The quantitative estimate of drug-likeness (QED) is 0.349. The number of carbonyl (C=O) groups is 3. The van der Waals surface area contributed by atoms with Crippen molar-refractivity contribution in [3.05, 3.63) is 100 Å². The van der Waals surface area contributed by atoms with E-state index in [1.165, 1.54) is 0 Å². The molecule has 3 aromatic carbocycles. The van der Waals surface area contributed by atoms with Gasteiger partial charge in [-0.1, -0.05) is 30.0 Å². The van der Waals surface area contributed by atoms with Crippen molar-refractivity contribution in [2.24, 2.45) is 10.7 Å². The fraction of sp³-hybridized carbons (Fsp3) is 0.167. The Morgan fingerprint density at radius 2 is 1.75 bits per heavy atom. The number of hydrogen-bond acceptors (Lipinski definition) is 8. The van der Waals surface area contributed by atoms with Crippen LogP contribution < -0.4 is 16.4 Å². The number of nitriles is 1. The van der Waals surface area contributed by atoms with Crippen LogP contribution in [0.15, 0.2) is 83.0 Å². The van der Waals surface area contributed by atoms with Gasteiger partial charge in [-0.2, -0.15) is 5.26 Å². The zero-order valence-corrected chi connectivity index (χ0v) is 23.0. The number of nitrogens with one attached hydrogen (secondary N) is 2. The van der Waals surface area contributed by atoms with Crippen LogP contribution in [0.5, 0.6) is 0 Å². The first-order valence-electron chi connectivity index (χ1n) is 12.4. The maximum Gasteiger partial charge on any atom is 0.338 e. The predicted octanol–water partition coefficient (Wildman–Crippen LogP) is 4.99. The highest BCUT2D eigenvalue weighted by atomic mass is 32.2. The summed E-state index contributed by atoms with van der Waals surface area (Å²) in [6, 6.07) is 20.5. The first-order valence-corrected chi connectivity index (χ1v) is 13.3. The molecule has 0 fully saturated rings. The summed E-state index contributed by atoms with van der Waals surface area (Å²) in [5.41, 5.74) is 10.7. The van der Waals surface area contributed by atoms with Crippen molar-refractivity contribution in [2.75, 3.05) is 17.2 Å². The Morgan fingerprint density at radius 3 is 2.42 bits per heavy atom. The molecule has 10 heteroatoms. The fourth-order valence-corrected chi connectivity index (χ4v) is 5.01. The van der Waals surface area contributed by atoms with E-state index in [1.807, 2.05) is 38.1 Å². The van der Waals surface area contributed by atoms with Crippen LogP contribution in [0.25, 0.3) is 0 Å². The summed E-state index contributed by atoms with van der Waals surface area (Å²) in [7, 11) is 0.